The molecule has 0 aliphatic carbocycles. The average Bonchev–Trinajstić information content (AvgIpc) is 2.92. The summed E-state index contributed by atoms with van der Waals surface area (Å²) in [5, 5.41) is 19.6. The van der Waals surface area contributed by atoms with E-state index in [1.54, 1.807) is 23.0 Å². The molecule has 0 spiro atoms. The third-order valence-corrected chi connectivity index (χ3v) is 2.59. The molecule has 2 aromatic heterocycles. The monoisotopic (exact) mass is 261 g/mol. The Kier molecular flexibility index (Phi) is 4.57. The number of aryl methyl sites for hydroxylation is 1. The summed E-state index contributed by atoms with van der Waals surface area (Å²) in [6, 6.07) is 3.27. The van der Waals surface area contributed by atoms with Crippen molar-refractivity contribution in [1.29, 1.82) is 0 Å². The predicted octanol–water partition coefficient (Wildman–Crippen LogP) is 0.551. The van der Waals surface area contributed by atoms with Crippen LogP contribution in [0.4, 0.5) is 0 Å². The first-order chi connectivity index (χ1) is 9.25. The van der Waals surface area contributed by atoms with Crippen LogP contribution < -0.4 is 5.32 Å². The zero-order chi connectivity index (χ0) is 13.5. The van der Waals surface area contributed by atoms with Crippen molar-refractivity contribution in [2.24, 2.45) is 0 Å². The zero-order valence-corrected chi connectivity index (χ0v) is 10.4. The minimum absolute atomic E-state index is 0.204. The molecule has 0 aromatic carbocycles. The van der Waals surface area contributed by atoms with Gasteiger partial charge in [-0.05, 0) is 25.1 Å². The van der Waals surface area contributed by atoms with Gasteiger partial charge >= 0.3 is 5.97 Å². The highest BCUT2D eigenvalue weighted by molar-refractivity contribution is 5.87. The molecule has 0 saturated heterocycles. The average molecular weight is 261 g/mol. The molecule has 0 unspecified atom stereocenters. The van der Waals surface area contributed by atoms with E-state index in [0.717, 1.165) is 25.2 Å². The third-order valence-electron chi connectivity index (χ3n) is 2.59. The van der Waals surface area contributed by atoms with E-state index in [2.05, 4.69) is 20.6 Å². The Morgan fingerprint density at radius 2 is 2.32 bits per heavy atom. The molecule has 0 atom stereocenters. The van der Waals surface area contributed by atoms with Crippen LogP contribution in [0.2, 0.25) is 0 Å². The predicted molar refractivity (Wildman–Crippen MR) is 67.5 cm³/mol. The SMILES string of the molecule is O=C(O)c1ccc(CNCCCn2ccnn2)nc1. The largest absolute Gasteiger partial charge is 0.478 e. The molecule has 0 saturated carbocycles. The summed E-state index contributed by atoms with van der Waals surface area (Å²) in [4.78, 5) is 14.7. The Balaban J connectivity index is 1.66. The molecule has 7 heteroatoms. The fourth-order valence-corrected chi connectivity index (χ4v) is 1.59. The Hall–Kier alpha value is -2.28. The summed E-state index contributed by atoms with van der Waals surface area (Å²) < 4.78 is 1.78. The van der Waals surface area contributed by atoms with Crippen LogP contribution in [0.5, 0.6) is 0 Å². The fraction of sp³-hybridized carbons (Fsp3) is 0.333. The van der Waals surface area contributed by atoms with Crippen molar-refractivity contribution in [1.82, 2.24) is 25.3 Å². The molecule has 2 aromatic rings. The molecule has 100 valence electrons. The number of hydrogen-bond donors (Lipinski definition) is 2. The van der Waals surface area contributed by atoms with E-state index < -0.39 is 5.97 Å². The molecular formula is C12H15N5O2. The lowest BCUT2D eigenvalue weighted by atomic mass is 10.2. The van der Waals surface area contributed by atoms with Gasteiger partial charge in [0, 0.05) is 25.5 Å². The van der Waals surface area contributed by atoms with Gasteiger partial charge in [-0.1, -0.05) is 5.21 Å². The number of nitrogens with one attached hydrogen (secondary N) is 1. The lowest BCUT2D eigenvalue weighted by Gasteiger charge is -2.04. The molecule has 19 heavy (non-hydrogen) atoms. The summed E-state index contributed by atoms with van der Waals surface area (Å²) in [7, 11) is 0. The maximum Gasteiger partial charge on any atom is 0.337 e. The van der Waals surface area contributed by atoms with Gasteiger partial charge in [-0.2, -0.15) is 0 Å². The van der Waals surface area contributed by atoms with Crippen molar-refractivity contribution in [2.75, 3.05) is 6.54 Å². The summed E-state index contributed by atoms with van der Waals surface area (Å²) in [5.74, 6) is -0.958. The summed E-state index contributed by atoms with van der Waals surface area (Å²) in [5.41, 5.74) is 1.03. The zero-order valence-electron chi connectivity index (χ0n) is 10.4. The van der Waals surface area contributed by atoms with Gasteiger partial charge in [0.2, 0.25) is 0 Å². The smallest absolute Gasteiger partial charge is 0.337 e. The lowest BCUT2D eigenvalue weighted by Crippen LogP contribution is -2.17. The van der Waals surface area contributed by atoms with Crippen molar-refractivity contribution in [3.63, 3.8) is 0 Å². The van der Waals surface area contributed by atoms with E-state index in [-0.39, 0.29) is 5.56 Å². The number of nitrogens with zero attached hydrogens (tertiary/aromatic N) is 4. The maximum atomic E-state index is 10.7. The van der Waals surface area contributed by atoms with E-state index in [1.165, 1.54) is 6.20 Å². The van der Waals surface area contributed by atoms with Crippen LogP contribution in [0.15, 0.2) is 30.7 Å². The third kappa shape index (κ3) is 4.14. The van der Waals surface area contributed by atoms with Crippen LogP contribution in [0.3, 0.4) is 0 Å². The van der Waals surface area contributed by atoms with E-state index in [0.29, 0.717) is 6.54 Å². The first kappa shape index (κ1) is 13.2. The normalized spacial score (nSPS) is 10.5. The molecule has 0 fully saturated rings. The summed E-state index contributed by atoms with van der Waals surface area (Å²) in [6.07, 6.45) is 5.79. The van der Waals surface area contributed by atoms with E-state index in [1.807, 2.05) is 6.20 Å². The quantitative estimate of drug-likeness (QED) is 0.707. The minimum Gasteiger partial charge on any atom is -0.478 e. The van der Waals surface area contributed by atoms with Crippen LogP contribution in [-0.2, 0) is 13.1 Å². The summed E-state index contributed by atoms with van der Waals surface area (Å²) >= 11 is 0. The number of pyridine rings is 1. The molecule has 2 rings (SSSR count). The highest BCUT2D eigenvalue weighted by atomic mass is 16.4. The van der Waals surface area contributed by atoms with Crippen LogP contribution in [0.25, 0.3) is 0 Å². The Labute approximate surface area is 110 Å². The highest BCUT2D eigenvalue weighted by Crippen LogP contribution is 2.00. The van der Waals surface area contributed by atoms with Crippen molar-refractivity contribution in [3.8, 4) is 0 Å². The Bertz CT molecular complexity index is 509. The molecule has 0 amide bonds. The van der Waals surface area contributed by atoms with Crippen molar-refractivity contribution >= 4 is 5.97 Å². The first-order valence-corrected chi connectivity index (χ1v) is 5.99. The molecular weight excluding hydrogens is 246 g/mol. The molecule has 2 heterocycles. The molecule has 7 nitrogen and oxygen atoms in total. The molecule has 0 aliphatic heterocycles. The first-order valence-electron chi connectivity index (χ1n) is 5.99. The Morgan fingerprint density at radius 1 is 1.42 bits per heavy atom. The molecule has 2 N–H and O–H groups in total. The lowest BCUT2D eigenvalue weighted by molar-refractivity contribution is 0.0696. The second-order valence-electron chi connectivity index (χ2n) is 4.04. The van der Waals surface area contributed by atoms with Gasteiger partial charge in [0.25, 0.3) is 0 Å². The number of carboxylic acid groups (broad SMARTS) is 1. The van der Waals surface area contributed by atoms with Crippen molar-refractivity contribution < 1.29 is 9.90 Å². The van der Waals surface area contributed by atoms with Gasteiger partial charge in [0.1, 0.15) is 0 Å². The fourth-order valence-electron chi connectivity index (χ4n) is 1.59. The van der Waals surface area contributed by atoms with E-state index >= 15 is 0 Å². The molecule has 0 aliphatic rings. The van der Waals surface area contributed by atoms with Gasteiger partial charge < -0.3 is 10.4 Å². The molecule has 0 bridgehead atoms. The van der Waals surface area contributed by atoms with Gasteiger partial charge in [-0.15, -0.1) is 5.10 Å². The minimum atomic E-state index is -0.958. The number of aromatic carboxylic acids is 1. The number of rotatable bonds is 7. The van der Waals surface area contributed by atoms with E-state index in [4.69, 9.17) is 5.11 Å². The number of aromatic nitrogens is 4. The topological polar surface area (TPSA) is 92.9 Å². The van der Waals surface area contributed by atoms with Crippen LogP contribution in [0, 0.1) is 0 Å². The van der Waals surface area contributed by atoms with Gasteiger partial charge in [0.05, 0.1) is 17.5 Å². The number of hydrogen-bond acceptors (Lipinski definition) is 5. The van der Waals surface area contributed by atoms with Crippen LogP contribution in [0.1, 0.15) is 22.5 Å². The van der Waals surface area contributed by atoms with Crippen molar-refractivity contribution in [3.05, 3.63) is 42.0 Å². The number of carboxylic acids is 1. The van der Waals surface area contributed by atoms with E-state index in [9.17, 15) is 4.79 Å². The summed E-state index contributed by atoms with van der Waals surface area (Å²) in [6.45, 7) is 2.28. The van der Waals surface area contributed by atoms with Crippen molar-refractivity contribution in [2.45, 2.75) is 19.5 Å². The number of carbonyl (C=O) groups is 1. The second kappa shape index (κ2) is 6.60. The Morgan fingerprint density at radius 3 is 2.95 bits per heavy atom. The molecule has 0 radical (unpaired) electrons. The van der Waals surface area contributed by atoms with Crippen LogP contribution in [-0.4, -0.2) is 37.6 Å². The standard InChI is InChI=1S/C12H15N5O2/c18-12(19)10-2-3-11(14-8-10)9-13-4-1-6-17-7-5-15-16-17/h2-3,5,7-8,13H,1,4,6,9H2,(H,18,19). The maximum absolute atomic E-state index is 10.7. The van der Waals surface area contributed by atoms with Gasteiger partial charge in [-0.25, -0.2) is 4.79 Å². The van der Waals surface area contributed by atoms with Gasteiger partial charge in [-0.3, -0.25) is 9.67 Å². The highest BCUT2D eigenvalue weighted by Gasteiger charge is 2.02. The van der Waals surface area contributed by atoms with Crippen LogP contribution >= 0.6 is 0 Å². The second-order valence-corrected chi connectivity index (χ2v) is 4.04. The van der Waals surface area contributed by atoms with Gasteiger partial charge in [0.15, 0.2) is 0 Å².